The smallest absolute Gasteiger partial charge is 0.419 e. The monoisotopic (exact) mass is 451 g/mol. The molecule has 8 heteroatoms. The molecule has 31 heavy (non-hydrogen) atoms. The molecule has 1 aliphatic rings. The van der Waals surface area contributed by atoms with Crippen LogP contribution in [-0.4, -0.2) is 27.1 Å². The Kier molecular flexibility index (Phi) is 4.83. The van der Waals surface area contributed by atoms with E-state index in [1.165, 1.54) is 32.0 Å². The van der Waals surface area contributed by atoms with E-state index in [4.69, 9.17) is 11.6 Å². The summed E-state index contributed by atoms with van der Waals surface area (Å²) < 4.78 is 42.8. The molecule has 0 aromatic heterocycles. The van der Waals surface area contributed by atoms with E-state index in [1.807, 2.05) is 0 Å². The van der Waals surface area contributed by atoms with E-state index in [-0.39, 0.29) is 27.6 Å². The summed E-state index contributed by atoms with van der Waals surface area (Å²) in [5.74, 6) is -0.308. The zero-order valence-corrected chi connectivity index (χ0v) is 17.5. The molecule has 0 radical (unpaired) electrons. The summed E-state index contributed by atoms with van der Waals surface area (Å²) >= 11 is 6.05. The summed E-state index contributed by atoms with van der Waals surface area (Å²) in [6, 6.07) is 10.7. The van der Waals surface area contributed by atoms with Gasteiger partial charge in [-0.15, -0.1) is 0 Å². The van der Waals surface area contributed by atoms with Crippen molar-refractivity contribution in [2.75, 3.05) is 5.32 Å². The van der Waals surface area contributed by atoms with Crippen molar-refractivity contribution in [2.45, 2.75) is 43.5 Å². The SMILES string of the molecule is CC1(C)CC(O)(C(F)(F)F)C(Nc2cccc3c(O)cccc23)c2ccc(Cl)c(O)c21. The number of fused-ring (bicyclic) bond motifs is 2. The third kappa shape index (κ3) is 3.27. The first kappa shape index (κ1) is 21.6. The lowest BCUT2D eigenvalue weighted by Gasteiger charge is -2.49. The van der Waals surface area contributed by atoms with Crippen molar-refractivity contribution in [2.24, 2.45) is 0 Å². The normalized spacial score (nSPS) is 22.9. The number of anilines is 1. The molecule has 2 atom stereocenters. The second-order valence-corrected chi connectivity index (χ2v) is 9.01. The van der Waals surface area contributed by atoms with Gasteiger partial charge in [-0.2, -0.15) is 13.2 Å². The van der Waals surface area contributed by atoms with Crippen LogP contribution in [0.15, 0.2) is 48.5 Å². The average molecular weight is 452 g/mol. The molecule has 0 saturated heterocycles. The van der Waals surface area contributed by atoms with Crippen molar-refractivity contribution in [3.8, 4) is 11.5 Å². The van der Waals surface area contributed by atoms with Crippen molar-refractivity contribution in [1.29, 1.82) is 0 Å². The second kappa shape index (κ2) is 6.93. The number of aliphatic hydroxyl groups is 1. The molecular formula is C23H21ClF3NO3. The van der Waals surface area contributed by atoms with Crippen molar-refractivity contribution < 1.29 is 28.5 Å². The Bertz CT molecular complexity index is 1180. The molecule has 164 valence electrons. The van der Waals surface area contributed by atoms with Crippen LogP contribution in [0.5, 0.6) is 11.5 Å². The summed E-state index contributed by atoms with van der Waals surface area (Å²) in [5, 5.41) is 35.6. The van der Waals surface area contributed by atoms with Gasteiger partial charge in [0.1, 0.15) is 11.5 Å². The van der Waals surface area contributed by atoms with Gasteiger partial charge in [0.15, 0.2) is 5.60 Å². The minimum Gasteiger partial charge on any atom is -0.507 e. The first-order valence-electron chi connectivity index (χ1n) is 9.65. The van der Waals surface area contributed by atoms with E-state index in [0.29, 0.717) is 16.5 Å². The molecule has 1 aliphatic carbocycles. The Morgan fingerprint density at radius 1 is 1.00 bits per heavy atom. The van der Waals surface area contributed by atoms with Crippen LogP contribution < -0.4 is 5.32 Å². The molecule has 4 nitrogen and oxygen atoms in total. The number of halogens is 4. The van der Waals surface area contributed by atoms with Crippen LogP contribution in [0, 0.1) is 0 Å². The lowest BCUT2D eigenvalue weighted by atomic mass is 9.63. The highest BCUT2D eigenvalue weighted by atomic mass is 35.5. The van der Waals surface area contributed by atoms with Gasteiger partial charge < -0.3 is 20.6 Å². The number of rotatable bonds is 2. The fourth-order valence-electron chi connectivity index (χ4n) is 4.69. The maximum Gasteiger partial charge on any atom is 0.419 e. The molecule has 0 spiro atoms. The van der Waals surface area contributed by atoms with Gasteiger partial charge in [0.25, 0.3) is 0 Å². The van der Waals surface area contributed by atoms with Crippen molar-refractivity contribution in [3.63, 3.8) is 0 Å². The van der Waals surface area contributed by atoms with Crippen molar-refractivity contribution in [3.05, 3.63) is 64.7 Å². The fraction of sp³-hybridized carbons (Fsp3) is 0.304. The predicted molar refractivity (Wildman–Crippen MR) is 114 cm³/mol. The van der Waals surface area contributed by atoms with Gasteiger partial charge in [-0.3, -0.25) is 0 Å². The summed E-state index contributed by atoms with van der Waals surface area (Å²) in [6.07, 6.45) is -5.64. The van der Waals surface area contributed by atoms with Crippen LogP contribution >= 0.6 is 11.6 Å². The van der Waals surface area contributed by atoms with Crippen LogP contribution in [0.4, 0.5) is 18.9 Å². The molecule has 4 N–H and O–H groups in total. The molecule has 0 bridgehead atoms. The van der Waals surface area contributed by atoms with Crippen molar-refractivity contribution in [1.82, 2.24) is 0 Å². The highest BCUT2D eigenvalue weighted by molar-refractivity contribution is 6.32. The number of alkyl halides is 3. The fourth-order valence-corrected chi connectivity index (χ4v) is 4.85. The molecule has 3 aromatic rings. The molecule has 4 rings (SSSR count). The second-order valence-electron chi connectivity index (χ2n) is 8.60. The van der Waals surface area contributed by atoms with E-state index in [9.17, 15) is 28.5 Å². The van der Waals surface area contributed by atoms with Crippen LogP contribution in [0.3, 0.4) is 0 Å². The molecular weight excluding hydrogens is 431 g/mol. The number of phenolic OH excluding ortho intramolecular Hbond substituents is 2. The maximum absolute atomic E-state index is 14.3. The van der Waals surface area contributed by atoms with Gasteiger partial charge >= 0.3 is 6.18 Å². The minimum absolute atomic E-state index is 0.0122. The summed E-state index contributed by atoms with van der Waals surface area (Å²) in [7, 11) is 0. The van der Waals surface area contributed by atoms with Crippen molar-refractivity contribution >= 4 is 28.1 Å². The Balaban J connectivity index is 1.97. The molecule has 0 heterocycles. The third-order valence-corrected chi connectivity index (χ3v) is 6.33. The van der Waals surface area contributed by atoms with Crippen LogP contribution in [0.25, 0.3) is 10.8 Å². The lowest BCUT2D eigenvalue weighted by molar-refractivity contribution is -0.275. The van der Waals surface area contributed by atoms with E-state index in [2.05, 4.69) is 5.32 Å². The average Bonchev–Trinajstić information content (AvgIpc) is 2.66. The number of hydrogen-bond acceptors (Lipinski definition) is 4. The standard InChI is InChI=1S/C23H21ClF3NO3/c1-21(2)11-22(31,23(25,26)27)20(14-9-10-15(24)19(30)18(14)21)28-16-7-3-6-13-12(16)5-4-8-17(13)29/h3-10,20,28-31H,11H2,1-2H3. The molecule has 3 aromatic carbocycles. The van der Waals surface area contributed by atoms with Gasteiger partial charge in [-0.1, -0.05) is 55.8 Å². The van der Waals surface area contributed by atoms with Crippen LogP contribution in [0.1, 0.15) is 37.4 Å². The van der Waals surface area contributed by atoms with Crippen LogP contribution in [-0.2, 0) is 5.41 Å². The molecule has 2 unspecified atom stereocenters. The number of hydrogen-bond donors (Lipinski definition) is 4. The zero-order chi connectivity index (χ0) is 22.8. The summed E-state index contributed by atoms with van der Waals surface area (Å²) in [4.78, 5) is 0. The zero-order valence-electron chi connectivity index (χ0n) is 16.8. The molecule has 0 saturated carbocycles. The lowest BCUT2D eigenvalue weighted by Crippen LogP contribution is -2.58. The third-order valence-electron chi connectivity index (χ3n) is 6.03. The van der Waals surface area contributed by atoms with Gasteiger partial charge in [0, 0.05) is 22.0 Å². The highest BCUT2D eigenvalue weighted by Crippen LogP contribution is 2.57. The first-order chi connectivity index (χ1) is 14.4. The van der Waals surface area contributed by atoms with E-state index in [1.54, 1.807) is 30.3 Å². The minimum atomic E-state index is -4.96. The molecule has 0 fully saturated rings. The number of nitrogens with one attached hydrogen (secondary N) is 1. The Morgan fingerprint density at radius 2 is 1.65 bits per heavy atom. The Hall–Kier alpha value is -2.64. The van der Waals surface area contributed by atoms with Crippen LogP contribution in [0.2, 0.25) is 5.02 Å². The quantitative estimate of drug-likeness (QED) is 0.384. The van der Waals surface area contributed by atoms with Gasteiger partial charge in [-0.25, -0.2) is 0 Å². The van der Waals surface area contributed by atoms with Gasteiger partial charge in [0.05, 0.1) is 11.1 Å². The predicted octanol–water partition coefficient (Wildman–Crippen LogP) is 6.03. The number of phenols is 2. The maximum atomic E-state index is 14.3. The molecule has 0 amide bonds. The molecule has 0 aliphatic heterocycles. The van der Waals surface area contributed by atoms with E-state index in [0.717, 1.165) is 0 Å². The Labute approximate surface area is 181 Å². The van der Waals surface area contributed by atoms with E-state index >= 15 is 0 Å². The Morgan fingerprint density at radius 3 is 2.32 bits per heavy atom. The first-order valence-corrected chi connectivity index (χ1v) is 10.0. The van der Waals surface area contributed by atoms with Gasteiger partial charge in [0.2, 0.25) is 0 Å². The number of aromatic hydroxyl groups is 2. The number of benzene rings is 3. The summed E-state index contributed by atoms with van der Waals surface area (Å²) in [6.45, 7) is 3.07. The highest BCUT2D eigenvalue weighted by Gasteiger charge is 2.64. The van der Waals surface area contributed by atoms with Gasteiger partial charge in [-0.05, 0) is 35.6 Å². The largest absolute Gasteiger partial charge is 0.507 e. The topological polar surface area (TPSA) is 72.7 Å². The van der Waals surface area contributed by atoms with E-state index < -0.39 is 29.7 Å². The summed E-state index contributed by atoms with van der Waals surface area (Å²) in [5.41, 5.74) is -3.65.